The molecule has 0 saturated carbocycles. The topological polar surface area (TPSA) is 70.7 Å². The lowest BCUT2D eigenvalue weighted by Gasteiger charge is -2.24. The van der Waals surface area contributed by atoms with Gasteiger partial charge in [0.25, 0.3) is 5.91 Å². The number of hydrogen-bond donors (Lipinski definition) is 2. The Hall–Kier alpha value is -3.00. The molecule has 1 aliphatic heterocycles. The molecule has 0 radical (unpaired) electrons. The molecule has 7 heteroatoms. The zero-order chi connectivity index (χ0) is 23.0. The molecular weight excluding hydrogens is 434 g/mol. The third kappa shape index (κ3) is 6.74. The van der Waals surface area contributed by atoms with Crippen LogP contribution in [0, 0.1) is 6.92 Å². The Balaban J connectivity index is 1.42. The van der Waals surface area contributed by atoms with Crippen LogP contribution < -0.4 is 10.6 Å². The van der Waals surface area contributed by atoms with Gasteiger partial charge < -0.3 is 15.4 Å². The Morgan fingerprint density at radius 1 is 1.09 bits per heavy atom. The van der Waals surface area contributed by atoms with Crippen molar-refractivity contribution in [3.05, 3.63) is 82.0 Å². The molecule has 172 valence electrons. The van der Waals surface area contributed by atoms with E-state index in [9.17, 15) is 9.59 Å². The van der Waals surface area contributed by atoms with Gasteiger partial charge in [-0.15, -0.1) is 11.3 Å². The summed E-state index contributed by atoms with van der Waals surface area (Å²) in [6.45, 7) is 4.39. The average molecular weight is 464 g/mol. The van der Waals surface area contributed by atoms with E-state index in [0.717, 1.165) is 30.7 Å². The Morgan fingerprint density at radius 3 is 2.73 bits per heavy atom. The highest BCUT2D eigenvalue weighted by Crippen LogP contribution is 2.20. The summed E-state index contributed by atoms with van der Waals surface area (Å²) >= 11 is 1.68. The number of anilines is 2. The van der Waals surface area contributed by atoms with Crippen molar-refractivity contribution in [2.75, 3.05) is 30.3 Å². The van der Waals surface area contributed by atoms with Crippen LogP contribution in [-0.2, 0) is 16.1 Å². The number of nitrogens with zero attached hydrogens (tertiary/aromatic N) is 1. The maximum absolute atomic E-state index is 13.0. The van der Waals surface area contributed by atoms with Crippen LogP contribution in [0.15, 0.2) is 66.0 Å². The highest BCUT2D eigenvalue weighted by Gasteiger charge is 2.22. The van der Waals surface area contributed by atoms with E-state index in [1.165, 1.54) is 4.88 Å². The minimum atomic E-state index is -0.258. The second-order valence-electron chi connectivity index (χ2n) is 8.30. The number of thiophene rings is 1. The third-order valence-electron chi connectivity index (χ3n) is 5.53. The average Bonchev–Trinajstić information content (AvgIpc) is 3.48. The van der Waals surface area contributed by atoms with E-state index in [4.69, 9.17) is 4.74 Å². The summed E-state index contributed by atoms with van der Waals surface area (Å²) in [5.41, 5.74) is 2.71. The first-order chi connectivity index (χ1) is 16.1. The van der Waals surface area contributed by atoms with E-state index in [-0.39, 0.29) is 24.5 Å². The van der Waals surface area contributed by atoms with Gasteiger partial charge in [0.15, 0.2) is 0 Å². The predicted molar refractivity (Wildman–Crippen MR) is 133 cm³/mol. The number of nitrogens with one attached hydrogen (secondary N) is 2. The number of carbonyl (C=O) groups is 2. The molecule has 2 heterocycles. The van der Waals surface area contributed by atoms with E-state index in [1.54, 1.807) is 29.5 Å². The number of para-hydroxylation sites is 1. The van der Waals surface area contributed by atoms with Gasteiger partial charge in [0, 0.05) is 30.3 Å². The smallest absolute Gasteiger partial charge is 0.257 e. The Morgan fingerprint density at radius 2 is 1.97 bits per heavy atom. The lowest BCUT2D eigenvalue weighted by atomic mass is 10.1. The van der Waals surface area contributed by atoms with Gasteiger partial charge in [-0.3, -0.25) is 14.5 Å². The molecular formula is C26H29N3O3S. The first-order valence-corrected chi connectivity index (χ1v) is 12.1. The first-order valence-electron chi connectivity index (χ1n) is 11.2. The molecule has 2 N–H and O–H groups in total. The van der Waals surface area contributed by atoms with Crippen LogP contribution in [0.4, 0.5) is 11.4 Å². The Bertz CT molecular complexity index is 1080. The minimum absolute atomic E-state index is 0.152. The summed E-state index contributed by atoms with van der Waals surface area (Å²) in [6.07, 6.45) is 2.24. The molecule has 0 bridgehead atoms. The predicted octanol–water partition coefficient (Wildman–Crippen LogP) is 4.93. The van der Waals surface area contributed by atoms with Crippen LogP contribution in [0.2, 0.25) is 0 Å². The second kappa shape index (κ2) is 11.2. The van der Waals surface area contributed by atoms with Crippen molar-refractivity contribution in [3.8, 4) is 0 Å². The Kier molecular flexibility index (Phi) is 7.88. The molecule has 0 spiro atoms. The highest BCUT2D eigenvalue weighted by atomic mass is 32.1. The van der Waals surface area contributed by atoms with Crippen LogP contribution in [0.3, 0.4) is 0 Å². The number of ether oxygens (including phenoxy) is 1. The lowest BCUT2D eigenvalue weighted by molar-refractivity contribution is -0.117. The molecule has 0 aliphatic carbocycles. The van der Waals surface area contributed by atoms with Crippen molar-refractivity contribution in [2.45, 2.75) is 32.4 Å². The molecule has 1 atom stereocenters. The number of rotatable bonds is 9. The van der Waals surface area contributed by atoms with Crippen LogP contribution in [-0.4, -0.2) is 42.5 Å². The number of carbonyl (C=O) groups excluding carboxylic acids is 2. The first kappa shape index (κ1) is 23.2. The standard InChI is InChI=1S/C26H29N3O3S/c1-19-7-4-8-20(15-19)27-26(31)23-11-2-3-12-24(23)28-25(30)18-29(16-21-9-5-13-32-21)17-22-10-6-14-33-22/h2-4,6-8,10-12,14-15,21H,5,9,13,16-18H2,1H3,(H,27,31)(H,28,30). The maximum atomic E-state index is 13.0. The van der Waals surface area contributed by atoms with E-state index in [0.29, 0.717) is 24.3 Å². The fourth-order valence-corrected chi connectivity index (χ4v) is 4.73. The summed E-state index contributed by atoms with van der Waals surface area (Å²) in [5, 5.41) is 7.90. The van der Waals surface area contributed by atoms with Gasteiger partial charge in [-0.05, 0) is 61.0 Å². The summed E-state index contributed by atoms with van der Waals surface area (Å²) in [6, 6.07) is 18.8. The molecule has 2 amide bonds. The van der Waals surface area contributed by atoms with Crippen molar-refractivity contribution < 1.29 is 14.3 Å². The van der Waals surface area contributed by atoms with Gasteiger partial charge in [-0.2, -0.15) is 0 Å². The van der Waals surface area contributed by atoms with E-state index in [2.05, 4.69) is 21.6 Å². The van der Waals surface area contributed by atoms with Gasteiger partial charge in [0.05, 0.1) is 23.9 Å². The number of benzene rings is 2. The van der Waals surface area contributed by atoms with Gasteiger partial charge in [0.1, 0.15) is 0 Å². The molecule has 33 heavy (non-hydrogen) atoms. The third-order valence-corrected chi connectivity index (χ3v) is 6.40. The zero-order valence-electron chi connectivity index (χ0n) is 18.8. The SMILES string of the molecule is Cc1cccc(NC(=O)c2ccccc2NC(=O)CN(Cc2cccs2)CC2CCCO2)c1. The van der Waals surface area contributed by atoms with Gasteiger partial charge in [-0.1, -0.05) is 30.3 Å². The van der Waals surface area contributed by atoms with Crippen molar-refractivity contribution in [1.29, 1.82) is 0 Å². The molecule has 2 aromatic carbocycles. The fourth-order valence-electron chi connectivity index (χ4n) is 3.99. The van der Waals surface area contributed by atoms with Gasteiger partial charge in [-0.25, -0.2) is 0 Å². The van der Waals surface area contributed by atoms with Crippen molar-refractivity contribution in [3.63, 3.8) is 0 Å². The number of amides is 2. The largest absolute Gasteiger partial charge is 0.377 e. The van der Waals surface area contributed by atoms with Crippen LogP contribution >= 0.6 is 11.3 Å². The summed E-state index contributed by atoms with van der Waals surface area (Å²) < 4.78 is 5.80. The molecule has 1 saturated heterocycles. The van der Waals surface area contributed by atoms with Crippen LogP contribution in [0.25, 0.3) is 0 Å². The van der Waals surface area contributed by atoms with E-state index in [1.807, 2.05) is 48.7 Å². The Labute approximate surface area is 198 Å². The normalized spacial score (nSPS) is 15.5. The van der Waals surface area contributed by atoms with Crippen molar-refractivity contribution >= 4 is 34.5 Å². The van der Waals surface area contributed by atoms with Crippen molar-refractivity contribution in [1.82, 2.24) is 4.90 Å². The molecule has 1 aromatic heterocycles. The maximum Gasteiger partial charge on any atom is 0.257 e. The summed E-state index contributed by atoms with van der Waals surface area (Å²) in [7, 11) is 0. The number of aryl methyl sites for hydroxylation is 1. The molecule has 3 aromatic rings. The minimum Gasteiger partial charge on any atom is -0.377 e. The van der Waals surface area contributed by atoms with Gasteiger partial charge >= 0.3 is 0 Å². The summed E-state index contributed by atoms with van der Waals surface area (Å²) in [5.74, 6) is -0.411. The van der Waals surface area contributed by atoms with Crippen LogP contribution in [0.5, 0.6) is 0 Å². The highest BCUT2D eigenvalue weighted by molar-refractivity contribution is 7.09. The lowest BCUT2D eigenvalue weighted by Crippen LogP contribution is -2.38. The van der Waals surface area contributed by atoms with E-state index < -0.39 is 0 Å². The molecule has 6 nitrogen and oxygen atoms in total. The molecule has 4 rings (SSSR count). The molecule has 1 aliphatic rings. The second-order valence-corrected chi connectivity index (χ2v) is 9.33. The van der Waals surface area contributed by atoms with Crippen LogP contribution in [0.1, 0.15) is 33.6 Å². The summed E-state index contributed by atoms with van der Waals surface area (Å²) in [4.78, 5) is 29.2. The fraction of sp³-hybridized carbons (Fsp3) is 0.308. The van der Waals surface area contributed by atoms with E-state index >= 15 is 0 Å². The zero-order valence-corrected chi connectivity index (χ0v) is 19.6. The van der Waals surface area contributed by atoms with Crippen molar-refractivity contribution in [2.24, 2.45) is 0 Å². The van der Waals surface area contributed by atoms with Gasteiger partial charge in [0.2, 0.25) is 5.91 Å². The molecule has 1 unspecified atom stereocenters. The quantitative estimate of drug-likeness (QED) is 0.472. The monoisotopic (exact) mass is 463 g/mol. The number of hydrogen-bond acceptors (Lipinski definition) is 5. The molecule has 1 fully saturated rings.